The highest BCUT2D eigenvalue weighted by molar-refractivity contribution is 4.70. The van der Waals surface area contributed by atoms with Crippen LogP contribution in [0.1, 0.15) is 19.3 Å². The summed E-state index contributed by atoms with van der Waals surface area (Å²) in [4.78, 5) is 2.29. The summed E-state index contributed by atoms with van der Waals surface area (Å²) in [5.74, 6) is 0. The molecule has 2 nitrogen and oxygen atoms in total. The van der Waals surface area contributed by atoms with E-state index in [1.54, 1.807) is 0 Å². The minimum atomic E-state index is -0.552. The fraction of sp³-hybridized carbons (Fsp3) is 1.00. The Hall–Kier alpha value is -0.150. The quantitative estimate of drug-likeness (QED) is 0.660. The third-order valence-corrected chi connectivity index (χ3v) is 2.20. The minimum absolute atomic E-state index is 0.552. The molecule has 0 bridgehead atoms. The molecule has 0 aromatic heterocycles. The molecule has 3 heteroatoms. The average molecular weight is 160 g/mol. The van der Waals surface area contributed by atoms with Crippen LogP contribution in [-0.4, -0.2) is 37.3 Å². The molecule has 1 heterocycles. The molecular formula is C8H17FN2. The van der Waals surface area contributed by atoms with E-state index >= 15 is 0 Å². The first-order valence-electron chi connectivity index (χ1n) is 4.39. The Morgan fingerprint density at radius 2 is 2.00 bits per heavy atom. The van der Waals surface area contributed by atoms with Gasteiger partial charge < -0.3 is 10.6 Å². The SMILES string of the molecule is NCCCN1CCC(F)CC1. The second kappa shape index (κ2) is 4.67. The van der Waals surface area contributed by atoms with Crippen LogP contribution in [0.15, 0.2) is 0 Å². The van der Waals surface area contributed by atoms with Gasteiger partial charge in [-0.25, -0.2) is 4.39 Å². The molecule has 1 aliphatic heterocycles. The molecule has 1 aliphatic rings. The number of rotatable bonds is 3. The fourth-order valence-electron chi connectivity index (χ4n) is 1.44. The zero-order valence-electron chi connectivity index (χ0n) is 6.93. The monoisotopic (exact) mass is 160 g/mol. The smallest absolute Gasteiger partial charge is 0.103 e. The molecule has 11 heavy (non-hydrogen) atoms. The van der Waals surface area contributed by atoms with Gasteiger partial charge in [-0.15, -0.1) is 0 Å². The molecule has 0 radical (unpaired) electrons. The summed E-state index contributed by atoms with van der Waals surface area (Å²) >= 11 is 0. The molecular weight excluding hydrogens is 143 g/mol. The van der Waals surface area contributed by atoms with Crippen molar-refractivity contribution in [1.29, 1.82) is 0 Å². The van der Waals surface area contributed by atoms with Crippen molar-refractivity contribution in [2.45, 2.75) is 25.4 Å². The Bertz CT molecular complexity index is 97.5. The van der Waals surface area contributed by atoms with Gasteiger partial charge in [-0.05, 0) is 32.4 Å². The maximum absolute atomic E-state index is 12.6. The van der Waals surface area contributed by atoms with Crippen molar-refractivity contribution in [2.24, 2.45) is 5.73 Å². The van der Waals surface area contributed by atoms with E-state index in [2.05, 4.69) is 4.90 Å². The van der Waals surface area contributed by atoms with Crippen molar-refractivity contribution in [3.8, 4) is 0 Å². The van der Waals surface area contributed by atoms with Gasteiger partial charge in [0.25, 0.3) is 0 Å². The normalized spacial score (nSPS) is 22.4. The molecule has 0 aromatic rings. The van der Waals surface area contributed by atoms with Crippen LogP contribution in [-0.2, 0) is 0 Å². The lowest BCUT2D eigenvalue weighted by Crippen LogP contribution is -2.35. The van der Waals surface area contributed by atoms with Gasteiger partial charge >= 0.3 is 0 Å². The molecule has 0 saturated carbocycles. The van der Waals surface area contributed by atoms with E-state index in [-0.39, 0.29) is 0 Å². The first-order valence-corrected chi connectivity index (χ1v) is 4.39. The molecule has 1 rings (SSSR count). The van der Waals surface area contributed by atoms with Crippen LogP contribution in [0.25, 0.3) is 0 Å². The fourth-order valence-corrected chi connectivity index (χ4v) is 1.44. The number of alkyl halides is 1. The van der Waals surface area contributed by atoms with Gasteiger partial charge in [0, 0.05) is 13.1 Å². The maximum Gasteiger partial charge on any atom is 0.103 e. The van der Waals surface area contributed by atoms with Crippen molar-refractivity contribution in [1.82, 2.24) is 4.90 Å². The number of nitrogens with two attached hydrogens (primary N) is 1. The number of hydrogen-bond acceptors (Lipinski definition) is 2. The molecule has 0 aliphatic carbocycles. The highest BCUT2D eigenvalue weighted by atomic mass is 19.1. The van der Waals surface area contributed by atoms with E-state index in [1.165, 1.54) is 0 Å². The van der Waals surface area contributed by atoms with Crippen molar-refractivity contribution in [3.63, 3.8) is 0 Å². The summed E-state index contributed by atoms with van der Waals surface area (Å²) in [5.41, 5.74) is 5.37. The highest BCUT2D eigenvalue weighted by Crippen LogP contribution is 2.12. The van der Waals surface area contributed by atoms with Gasteiger partial charge in [-0.2, -0.15) is 0 Å². The Kier molecular flexibility index (Phi) is 3.80. The molecule has 1 fully saturated rings. The van der Waals surface area contributed by atoms with Crippen LogP contribution in [0.4, 0.5) is 4.39 Å². The third-order valence-electron chi connectivity index (χ3n) is 2.20. The Labute approximate surface area is 67.6 Å². The van der Waals surface area contributed by atoms with Crippen molar-refractivity contribution < 1.29 is 4.39 Å². The summed E-state index contributed by atoms with van der Waals surface area (Å²) in [6, 6.07) is 0. The van der Waals surface area contributed by atoms with Crippen LogP contribution in [0.2, 0.25) is 0 Å². The highest BCUT2D eigenvalue weighted by Gasteiger charge is 2.16. The Morgan fingerprint density at radius 3 is 2.55 bits per heavy atom. The second-order valence-electron chi connectivity index (χ2n) is 3.16. The summed E-state index contributed by atoms with van der Waals surface area (Å²) in [5, 5.41) is 0. The van der Waals surface area contributed by atoms with E-state index in [0.29, 0.717) is 12.8 Å². The first kappa shape index (κ1) is 8.94. The lowest BCUT2D eigenvalue weighted by molar-refractivity contribution is 0.150. The standard InChI is InChI=1S/C8H17FN2/c9-8-2-6-11(7-3-8)5-1-4-10/h8H,1-7,10H2. The van der Waals surface area contributed by atoms with Crippen LogP contribution >= 0.6 is 0 Å². The predicted molar refractivity (Wildman–Crippen MR) is 44.2 cm³/mol. The summed E-state index contributed by atoms with van der Waals surface area (Å²) < 4.78 is 12.6. The van der Waals surface area contributed by atoms with Crippen molar-refractivity contribution in [2.75, 3.05) is 26.2 Å². The Balaban J connectivity index is 2.07. The van der Waals surface area contributed by atoms with Gasteiger partial charge in [-0.1, -0.05) is 0 Å². The lowest BCUT2D eigenvalue weighted by atomic mass is 10.1. The zero-order valence-corrected chi connectivity index (χ0v) is 6.93. The topological polar surface area (TPSA) is 29.3 Å². The van der Waals surface area contributed by atoms with Gasteiger partial charge in [-0.3, -0.25) is 0 Å². The minimum Gasteiger partial charge on any atom is -0.330 e. The molecule has 0 unspecified atom stereocenters. The average Bonchev–Trinajstić information content (AvgIpc) is 2.04. The van der Waals surface area contributed by atoms with E-state index in [9.17, 15) is 4.39 Å². The van der Waals surface area contributed by atoms with E-state index < -0.39 is 6.17 Å². The number of hydrogen-bond donors (Lipinski definition) is 1. The van der Waals surface area contributed by atoms with Gasteiger partial charge in [0.15, 0.2) is 0 Å². The van der Waals surface area contributed by atoms with Crippen molar-refractivity contribution >= 4 is 0 Å². The molecule has 1 saturated heterocycles. The van der Waals surface area contributed by atoms with Gasteiger partial charge in [0.1, 0.15) is 6.17 Å². The van der Waals surface area contributed by atoms with E-state index in [1.807, 2.05) is 0 Å². The van der Waals surface area contributed by atoms with E-state index in [4.69, 9.17) is 5.73 Å². The molecule has 0 aromatic carbocycles. The lowest BCUT2D eigenvalue weighted by Gasteiger charge is -2.28. The number of halogens is 1. The van der Waals surface area contributed by atoms with Crippen LogP contribution in [0.5, 0.6) is 0 Å². The predicted octanol–water partition coefficient (Wildman–Crippen LogP) is 0.769. The maximum atomic E-state index is 12.6. The van der Waals surface area contributed by atoms with Crippen molar-refractivity contribution in [3.05, 3.63) is 0 Å². The van der Waals surface area contributed by atoms with Crippen LogP contribution in [0.3, 0.4) is 0 Å². The third kappa shape index (κ3) is 3.16. The Morgan fingerprint density at radius 1 is 1.36 bits per heavy atom. The largest absolute Gasteiger partial charge is 0.330 e. The molecule has 66 valence electrons. The number of piperidine rings is 1. The molecule has 2 N–H and O–H groups in total. The molecule has 0 amide bonds. The molecule has 0 spiro atoms. The van der Waals surface area contributed by atoms with Gasteiger partial charge in [0.2, 0.25) is 0 Å². The summed E-state index contributed by atoms with van der Waals surface area (Å²) in [6.07, 6.45) is 1.91. The summed E-state index contributed by atoms with van der Waals surface area (Å²) in [7, 11) is 0. The van der Waals surface area contributed by atoms with Crippen LogP contribution < -0.4 is 5.73 Å². The zero-order chi connectivity index (χ0) is 8.10. The summed E-state index contributed by atoms with van der Waals surface area (Å²) in [6.45, 7) is 3.63. The first-order chi connectivity index (χ1) is 5.33. The number of likely N-dealkylation sites (tertiary alicyclic amines) is 1. The molecule has 0 atom stereocenters. The van der Waals surface area contributed by atoms with Crippen LogP contribution in [0, 0.1) is 0 Å². The number of nitrogens with zero attached hydrogens (tertiary/aromatic N) is 1. The van der Waals surface area contributed by atoms with E-state index in [0.717, 1.165) is 32.6 Å². The van der Waals surface area contributed by atoms with Gasteiger partial charge in [0.05, 0.1) is 0 Å². The second-order valence-corrected chi connectivity index (χ2v) is 3.16.